The first-order valence-electron chi connectivity index (χ1n) is 10.5. The van der Waals surface area contributed by atoms with Gasteiger partial charge in [0.05, 0.1) is 10.4 Å². The van der Waals surface area contributed by atoms with Crippen molar-refractivity contribution in [3.63, 3.8) is 0 Å². The maximum absolute atomic E-state index is 11.1. The number of rotatable bonds is 8. The first kappa shape index (κ1) is 22.2. The van der Waals surface area contributed by atoms with Crippen molar-refractivity contribution < 1.29 is 9.90 Å². The summed E-state index contributed by atoms with van der Waals surface area (Å²) in [6.45, 7) is 5.82. The summed E-state index contributed by atoms with van der Waals surface area (Å²) in [5.41, 5.74) is 3.97. The second-order valence-electron chi connectivity index (χ2n) is 7.41. The third kappa shape index (κ3) is 5.42. The third-order valence-corrected chi connectivity index (χ3v) is 6.09. The monoisotopic (exact) mass is 453 g/mol. The highest BCUT2D eigenvalue weighted by Gasteiger charge is 2.14. The highest BCUT2D eigenvalue weighted by Crippen LogP contribution is 2.31. The molecule has 0 atom stereocenters. The minimum Gasteiger partial charge on any atom is -0.478 e. The van der Waals surface area contributed by atoms with Crippen LogP contribution in [0.1, 0.15) is 32.1 Å². The Morgan fingerprint density at radius 3 is 2.48 bits per heavy atom. The molecule has 2 aromatic carbocycles. The summed E-state index contributed by atoms with van der Waals surface area (Å²) >= 11 is 1.63. The van der Waals surface area contributed by atoms with Crippen LogP contribution < -0.4 is 5.32 Å². The molecular formula is C27H23N3O2S. The number of nitrogens with one attached hydrogen (secondary N) is 1. The molecule has 2 heterocycles. The molecule has 2 N–H and O–H groups in total. The van der Waals surface area contributed by atoms with Gasteiger partial charge in [0.2, 0.25) is 0 Å². The van der Waals surface area contributed by atoms with Gasteiger partial charge in [0.1, 0.15) is 5.82 Å². The van der Waals surface area contributed by atoms with E-state index in [1.807, 2.05) is 37.3 Å². The predicted octanol–water partition coefficient (Wildman–Crippen LogP) is 6.85. The molecule has 4 rings (SSSR count). The standard InChI is InChI=1S/C27H23N3O2S/c1-3-7-23-18(2)28-26(30-25(23)29-21-13-11-20(12-14-21)27(31)32)24-17-16-22(33-24)15-10-19-8-5-4-6-9-19/h3-6,8-17H,1,7H2,2H3,(H,31,32)(H,28,29,30). The largest absolute Gasteiger partial charge is 0.478 e. The van der Waals surface area contributed by atoms with Crippen LogP contribution in [0.3, 0.4) is 0 Å². The van der Waals surface area contributed by atoms with Crippen molar-refractivity contribution in [2.75, 3.05) is 5.32 Å². The minimum absolute atomic E-state index is 0.237. The molecule has 0 saturated heterocycles. The highest BCUT2D eigenvalue weighted by atomic mass is 32.1. The summed E-state index contributed by atoms with van der Waals surface area (Å²) < 4.78 is 0. The summed E-state index contributed by atoms with van der Waals surface area (Å²) in [7, 11) is 0. The highest BCUT2D eigenvalue weighted by molar-refractivity contribution is 7.16. The van der Waals surface area contributed by atoms with Crippen LogP contribution >= 0.6 is 11.3 Å². The minimum atomic E-state index is -0.955. The molecule has 0 aliphatic heterocycles. The van der Waals surface area contributed by atoms with Crippen LogP contribution in [0.25, 0.3) is 22.9 Å². The Kier molecular flexibility index (Phi) is 6.76. The molecule has 6 heteroatoms. The number of carbonyl (C=O) groups is 1. The Hall–Kier alpha value is -4.03. The summed E-state index contributed by atoms with van der Waals surface area (Å²) in [6, 6.07) is 20.9. The lowest BCUT2D eigenvalue weighted by Gasteiger charge is -2.14. The lowest BCUT2D eigenvalue weighted by molar-refractivity contribution is 0.0697. The fourth-order valence-electron chi connectivity index (χ4n) is 3.34. The van der Waals surface area contributed by atoms with E-state index in [1.54, 1.807) is 35.6 Å². The molecule has 0 aliphatic rings. The molecule has 2 aromatic heterocycles. The number of aromatic carboxylic acids is 1. The molecule has 0 unspecified atom stereocenters. The maximum atomic E-state index is 11.1. The first-order valence-corrected chi connectivity index (χ1v) is 11.3. The fourth-order valence-corrected chi connectivity index (χ4v) is 4.18. The Balaban J connectivity index is 1.63. The number of aryl methyl sites for hydroxylation is 1. The van der Waals surface area contributed by atoms with E-state index < -0.39 is 5.97 Å². The molecule has 0 spiro atoms. The van der Waals surface area contributed by atoms with E-state index >= 15 is 0 Å². The number of hydrogen-bond donors (Lipinski definition) is 2. The second-order valence-corrected chi connectivity index (χ2v) is 8.52. The van der Waals surface area contributed by atoms with Gasteiger partial charge in [0.25, 0.3) is 0 Å². The number of allylic oxidation sites excluding steroid dienone is 1. The molecule has 164 valence electrons. The molecule has 4 aromatic rings. The van der Waals surface area contributed by atoms with Crippen molar-refractivity contribution in [3.8, 4) is 10.7 Å². The van der Waals surface area contributed by atoms with Crippen LogP contribution in [0.4, 0.5) is 11.5 Å². The van der Waals surface area contributed by atoms with Crippen molar-refractivity contribution in [1.82, 2.24) is 9.97 Å². The second kappa shape index (κ2) is 10.1. The number of hydrogen-bond acceptors (Lipinski definition) is 5. The van der Waals surface area contributed by atoms with E-state index in [-0.39, 0.29) is 5.56 Å². The number of anilines is 2. The zero-order chi connectivity index (χ0) is 23.2. The van der Waals surface area contributed by atoms with Gasteiger partial charge in [0.15, 0.2) is 5.82 Å². The number of carboxylic acids is 1. The molecule has 33 heavy (non-hydrogen) atoms. The van der Waals surface area contributed by atoms with E-state index in [4.69, 9.17) is 15.1 Å². The summed E-state index contributed by atoms with van der Waals surface area (Å²) in [6.07, 6.45) is 6.62. The van der Waals surface area contributed by atoms with Crippen molar-refractivity contribution in [2.45, 2.75) is 13.3 Å². The third-order valence-electron chi connectivity index (χ3n) is 5.04. The number of carboxylic acid groups (broad SMARTS) is 1. The van der Waals surface area contributed by atoms with Crippen LogP contribution in [0.5, 0.6) is 0 Å². The van der Waals surface area contributed by atoms with Crippen molar-refractivity contribution in [1.29, 1.82) is 0 Å². The van der Waals surface area contributed by atoms with Gasteiger partial charge in [-0.25, -0.2) is 14.8 Å². The summed E-state index contributed by atoms with van der Waals surface area (Å²) in [5.74, 6) is 0.383. The number of thiophene rings is 1. The Bertz CT molecular complexity index is 1310. The van der Waals surface area contributed by atoms with E-state index in [9.17, 15) is 4.79 Å². The molecule has 0 fully saturated rings. The predicted molar refractivity (Wildman–Crippen MR) is 136 cm³/mol. The summed E-state index contributed by atoms with van der Waals surface area (Å²) in [4.78, 5) is 22.8. The van der Waals surface area contributed by atoms with Gasteiger partial charge in [-0.2, -0.15) is 0 Å². The average molecular weight is 454 g/mol. The Labute approximate surface area is 196 Å². The zero-order valence-electron chi connectivity index (χ0n) is 18.2. The zero-order valence-corrected chi connectivity index (χ0v) is 19.0. The molecular weight excluding hydrogens is 430 g/mol. The average Bonchev–Trinajstić information content (AvgIpc) is 3.30. The van der Waals surface area contributed by atoms with Crippen LogP contribution in [0.15, 0.2) is 79.4 Å². The van der Waals surface area contributed by atoms with Gasteiger partial charge in [-0.15, -0.1) is 17.9 Å². The van der Waals surface area contributed by atoms with E-state index in [1.165, 1.54) is 0 Å². The van der Waals surface area contributed by atoms with E-state index in [0.29, 0.717) is 18.1 Å². The molecule has 0 amide bonds. The van der Waals surface area contributed by atoms with Crippen LogP contribution in [-0.2, 0) is 6.42 Å². The number of benzene rings is 2. The van der Waals surface area contributed by atoms with Gasteiger partial charge in [-0.05, 0) is 61.4 Å². The lowest BCUT2D eigenvalue weighted by atomic mass is 10.1. The van der Waals surface area contributed by atoms with Gasteiger partial charge >= 0.3 is 5.97 Å². The normalized spacial score (nSPS) is 10.9. The van der Waals surface area contributed by atoms with Crippen molar-refractivity contribution in [2.24, 2.45) is 0 Å². The molecule has 5 nitrogen and oxygen atoms in total. The Morgan fingerprint density at radius 1 is 1.03 bits per heavy atom. The van der Waals surface area contributed by atoms with Crippen molar-refractivity contribution in [3.05, 3.63) is 107 Å². The molecule has 0 radical (unpaired) electrons. The molecule has 0 aliphatic carbocycles. The lowest BCUT2D eigenvalue weighted by Crippen LogP contribution is -2.05. The van der Waals surface area contributed by atoms with Gasteiger partial charge in [-0.1, -0.05) is 42.5 Å². The van der Waals surface area contributed by atoms with Gasteiger partial charge in [0, 0.05) is 21.8 Å². The Morgan fingerprint density at radius 2 is 1.79 bits per heavy atom. The maximum Gasteiger partial charge on any atom is 0.335 e. The number of nitrogens with zero attached hydrogens (tertiary/aromatic N) is 2. The first-order chi connectivity index (χ1) is 16.0. The van der Waals surface area contributed by atoms with Crippen molar-refractivity contribution >= 4 is 41.0 Å². The van der Waals surface area contributed by atoms with Crippen LogP contribution in [0, 0.1) is 6.92 Å². The fraction of sp³-hybridized carbons (Fsp3) is 0.0741. The SMILES string of the molecule is C=CCc1c(C)nc(-c2ccc(C=Cc3ccccc3)s2)nc1Nc1ccc(C(=O)O)cc1. The number of aromatic nitrogens is 2. The van der Waals surface area contributed by atoms with E-state index in [2.05, 4.69) is 42.2 Å². The molecule has 0 bridgehead atoms. The topological polar surface area (TPSA) is 75.1 Å². The smallest absolute Gasteiger partial charge is 0.335 e. The molecule has 0 saturated carbocycles. The summed E-state index contributed by atoms with van der Waals surface area (Å²) in [5, 5.41) is 12.5. The van der Waals surface area contributed by atoms with Crippen LogP contribution in [-0.4, -0.2) is 21.0 Å². The van der Waals surface area contributed by atoms with Gasteiger partial charge in [-0.3, -0.25) is 0 Å². The van der Waals surface area contributed by atoms with Gasteiger partial charge < -0.3 is 10.4 Å². The van der Waals surface area contributed by atoms with E-state index in [0.717, 1.165) is 32.3 Å². The quantitative estimate of drug-likeness (QED) is 0.285. The van der Waals surface area contributed by atoms with Crippen LogP contribution in [0.2, 0.25) is 0 Å².